The summed E-state index contributed by atoms with van der Waals surface area (Å²) in [5.41, 5.74) is 6.84. The van der Waals surface area contributed by atoms with Gasteiger partial charge in [0.05, 0.1) is 26.2 Å². The van der Waals surface area contributed by atoms with Gasteiger partial charge in [0.15, 0.2) is 0 Å². The van der Waals surface area contributed by atoms with Crippen molar-refractivity contribution >= 4 is 5.91 Å². The van der Waals surface area contributed by atoms with E-state index in [4.69, 9.17) is 4.74 Å². The summed E-state index contributed by atoms with van der Waals surface area (Å²) >= 11 is 0. The predicted molar refractivity (Wildman–Crippen MR) is 75.0 cm³/mol. The van der Waals surface area contributed by atoms with E-state index in [1.807, 2.05) is 0 Å². The molecule has 2 heterocycles. The number of halogens is 1. The first-order valence-corrected chi connectivity index (χ1v) is 7.24. The molecule has 0 aromatic rings. The minimum Gasteiger partial charge on any atom is -0.387 e. The molecule has 9 nitrogen and oxygen atoms in total. The second-order valence-electron chi connectivity index (χ2n) is 5.95. The number of hydrogen-bond acceptors (Lipinski definition) is 5. The summed E-state index contributed by atoms with van der Waals surface area (Å²) in [6, 6.07) is -0.567. The van der Waals surface area contributed by atoms with Gasteiger partial charge < -0.3 is 25.2 Å². The van der Waals surface area contributed by atoms with Crippen LogP contribution in [0.5, 0.6) is 0 Å². The molecular weight excluding hydrogens is 297 g/mol. The summed E-state index contributed by atoms with van der Waals surface area (Å²) in [6.45, 7) is 0.770. The lowest BCUT2D eigenvalue weighted by molar-refractivity contribution is -0.872. The molecule has 0 aromatic carbocycles. The molecule has 2 saturated heterocycles. The maximum absolute atomic E-state index is 13.9. The number of piperidine rings is 1. The summed E-state index contributed by atoms with van der Waals surface area (Å²) in [5, 5.41) is 10.5. The smallest absolute Gasteiger partial charge is 0.251 e. The fraction of sp³-hybridized carbons (Fsp3) is 0.917. The molecule has 1 unspecified atom stereocenters. The molecule has 22 heavy (non-hydrogen) atoms. The number of carbonyl (C=O) groups excluding carboxylic acids is 1. The standard InChI is InChI=1S/C12H22FN5O4/c1-18(6-5-17(20)21)8-10(14-15-18)12(19)16-4-3-11(22-2)9(13)7-16/h9-11,14H,3-8H2,1-2H3/t9-,10+,11+,18?/m1/s1. The van der Waals surface area contributed by atoms with E-state index in [0.717, 1.165) is 0 Å². The Labute approximate surface area is 128 Å². The van der Waals surface area contributed by atoms with Crippen LogP contribution in [0, 0.1) is 10.1 Å². The van der Waals surface area contributed by atoms with Crippen molar-refractivity contribution in [1.82, 2.24) is 10.3 Å². The average molecular weight is 319 g/mol. The molecule has 4 atom stereocenters. The highest BCUT2D eigenvalue weighted by atomic mass is 19.1. The maximum atomic E-state index is 13.9. The second kappa shape index (κ2) is 6.82. The van der Waals surface area contributed by atoms with Crippen molar-refractivity contribution < 1.29 is 23.4 Å². The lowest BCUT2D eigenvalue weighted by Crippen LogP contribution is -2.53. The minimum atomic E-state index is -1.20. The van der Waals surface area contributed by atoms with Crippen LogP contribution in [0.2, 0.25) is 0 Å². The molecule has 1 amide bonds. The number of likely N-dealkylation sites (N-methyl/N-ethyl adjacent to an activating group) is 1. The van der Waals surface area contributed by atoms with Crippen molar-refractivity contribution in [2.45, 2.75) is 24.7 Å². The Hall–Kier alpha value is -1.36. The minimum absolute atomic E-state index is 0.00807. The fourth-order valence-electron chi connectivity index (χ4n) is 2.83. The van der Waals surface area contributed by atoms with Crippen LogP contribution in [0.25, 0.3) is 5.53 Å². The Morgan fingerprint density at radius 3 is 2.95 bits per heavy atom. The molecule has 0 spiro atoms. The van der Waals surface area contributed by atoms with E-state index in [-0.39, 0.29) is 30.1 Å². The lowest BCUT2D eigenvalue weighted by Gasteiger charge is -2.37. The molecule has 10 heteroatoms. The Morgan fingerprint density at radius 2 is 2.36 bits per heavy atom. The van der Waals surface area contributed by atoms with Crippen molar-refractivity contribution in [3.8, 4) is 0 Å². The van der Waals surface area contributed by atoms with Crippen molar-refractivity contribution in [2.75, 3.05) is 46.9 Å². The molecule has 0 bridgehead atoms. The first-order chi connectivity index (χ1) is 10.3. The quantitative estimate of drug-likeness (QED) is 0.417. The van der Waals surface area contributed by atoms with Crippen molar-refractivity contribution in [3.63, 3.8) is 0 Å². The number of ether oxygens (including phenoxy) is 1. The van der Waals surface area contributed by atoms with Crippen LogP contribution in [0.1, 0.15) is 6.42 Å². The molecule has 126 valence electrons. The van der Waals surface area contributed by atoms with Crippen LogP contribution in [0.3, 0.4) is 0 Å². The van der Waals surface area contributed by atoms with Crippen molar-refractivity contribution in [1.29, 1.82) is 0 Å². The summed E-state index contributed by atoms with van der Waals surface area (Å²) in [6.07, 6.45) is -1.21. The molecule has 2 rings (SSSR count). The zero-order valence-corrected chi connectivity index (χ0v) is 12.8. The van der Waals surface area contributed by atoms with Crippen molar-refractivity contribution in [2.24, 2.45) is 0 Å². The van der Waals surface area contributed by atoms with Crippen LogP contribution in [-0.2, 0) is 9.53 Å². The molecule has 2 aliphatic heterocycles. The monoisotopic (exact) mass is 319 g/mol. The Balaban J connectivity index is 1.88. The Kier molecular flexibility index (Phi) is 5.27. The van der Waals surface area contributed by atoms with E-state index in [1.54, 1.807) is 7.05 Å². The molecule has 2 aliphatic rings. The average Bonchev–Trinajstić information content (AvgIpc) is 2.87. The number of nitro groups is 1. The third kappa shape index (κ3) is 3.88. The Bertz CT molecular complexity index is 440. The van der Waals surface area contributed by atoms with Gasteiger partial charge >= 0.3 is 0 Å². The fourth-order valence-corrected chi connectivity index (χ4v) is 2.83. The van der Waals surface area contributed by atoms with E-state index in [9.17, 15) is 19.3 Å². The summed E-state index contributed by atoms with van der Waals surface area (Å²) in [5.74, 6) is -0.219. The third-order valence-corrected chi connectivity index (χ3v) is 4.19. The van der Waals surface area contributed by atoms with Gasteiger partial charge in [0.25, 0.3) is 6.54 Å². The first kappa shape index (κ1) is 17.0. The van der Waals surface area contributed by atoms with Gasteiger partial charge in [-0.25, -0.2) is 4.39 Å². The third-order valence-electron chi connectivity index (χ3n) is 4.19. The number of hydrogen-bond donors (Lipinski definition) is 1. The van der Waals surface area contributed by atoms with Gasteiger partial charge in [0, 0.05) is 18.6 Å². The molecule has 0 aromatic heterocycles. The molecule has 2 fully saturated rings. The number of rotatable bonds is 5. The number of nitrogens with zero attached hydrogens (tertiary/aromatic N) is 4. The van der Waals surface area contributed by atoms with Gasteiger partial charge in [-0.15, -0.1) is 0 Å². The number of methoxy groups -OCH3 is 1. The molecule has 0 saturated carbocycles. The number of likely N-dealkylation sites (tertiary alicyclic amines) is 1. The summed E-state index contributed by atoms with van der Waals surface area (Å²) in [7, 11) is 3.18. The topological polar surface area (TPSA) is 98.8 Å². The highest BCUT2D eigenvalue weighted by molar-refractivity contribution is 5.82. The summed E-state index contributed by atoms with van der Waals surface area (Å²) < 4.78 is 19.0. The van der Waals surface area contributed by atoms with Gasteiger partial charge in [-0.3, -0.25) is 14.9 Å². The number of amides is 1. The van der Waals surface area contributed by atoms with Crippen LogP contribution in [0.15, 0.2) is 0 Å². The first-order valence-electron chi connectivity index (χ1n) is 7.24. The van der Waals surface area contributed by atoms with E-state index in [1.165, 1.54) is 12.0 Å². The molecule has 0 aliphatic carbocycles. The Morgan fingerprint density at radius 1 is 1.64 bits per heavy atom. The predicted octanol–water partition coefficient (Wildman–Crippen LogP) is -0.529. The lowest BCUT2D eigenvalue weighted by atomic mass is 10.0. The maximum Gasteiger partial charge on any atom is 0.251 e. The number of alkyl halides is 1. The van der Waals surface area contributed by atoms with Crippen LogP contribution >= 0.6 is 0 Å². The zero-order chi connectivity index (χ0) is 16.3. The summed E-state index contributed by atoms with van der Waals surface area (Å²) in [4.78, 5) is 23.9. The number of carbonyl (C=O) groups is 1. The van der Waals surface area contributed by atoms with Crippen LogP contribution < -0.4 is 5.43 Å². The normalized spacial score (nSPS) is 35.6. The highest BCUT2D eigenvalue weighted by Crippen LogP contribution is 2.22. The van der Waals surface area contributed by atoms with Gasteiger partial charge in [-0.2, -0.15) is 0 Å². The molecular formula is C12H22FN5O4. The SMILES string of the molecule is CO[C@H]1CCN(C(=O)[C@@H]2C[N+](C)(CC[N+](=O)[O-])[N-]N2)C[C@H]1F. The van der Waals surface area contributed by atoms with Crippen molar-refractivity contribution in [3.05, 3.63) is 15.6 Å². The zero-order valence-electron chi connectivity index (χ0n) is 12.8. The molecule has 1 N–H and O–H groups in total. The van der Waals surface area contributed by atoms with Crippen LogP contribution in [-0.4, -0.2) is 85.5 Å². The number of nitrogens with one attached hydrogen (secondary N) is 1. The van der Waals surface area contributed by atoms with Gasteiger partial charge in [-0.05, 0) is 6.42 Å². The van der Waals surface area contributed by atoms with E-state index >= 15 is 0 Å². The number of quaternary nitrogens is 1. The van der Waals surface area contributed by atoms with E-state index in [2.05, 4.69) is 11.0 Å². The van der Waals surface area contributed by atoms with E-state index in [0.29, 0.717) is 19.5 Å². The van der Waals surface area contributed by atoms with Gasteiger partial charge in [0.2, 0.25) is 5.91 Å². The highest BCUT2D eigenvalue weighted by Gasteiger charge is 2.38. The van der Waals surface area contributed by atoms with Gasteiger partial charge in [-0.1, -0.05) is 0 Å². The molecule has 0 radical (unpaired) electrons. The van der Waals surface area contributed by atoms with Gasteiger partial charge in [0.1, 0.15) is 18.8 Å². The van der Waals surface area contributed by atoms with E-state index < -0.39 is 23.2 Å². The largest absolute Gasteiger partial charge is 0.387 e. The second-order valence-corrected chi connectivity index (χ2v) is 5.95. The van der Waals surface area contributed by atoms with Crippen LogP contribution in [0.4, 0.5) is 4.39 Å².